The lowest BCUT2D eigenvalue weighted by Gasteiger charge is -2.35. The molecule has 0 saturated carbocycles. The van der Waals surface area contributed by atoms with Crippen LogP contribution in [0.2, 0.25) is 0 Å². The smallest absolute Gasteiger partial charge is 0.188 e. The van der Waals surface area contributed by atoms with Crippen molar-refractivity contribution < 1.29 is 0 Å². The van der Waals surface area contributed by atoms with Crippen molar-refractivity contribution in [1.29, 1.82) is 0 Å². The summed E-state index contributed by atoms with van der Waals surface area (Å²) in [6, 6.07) is 6.74. The molecule has 1 aliphatic heterocycles. The Morgan fingerprint density at radius 3 is 3.00 bits per heavy atom. The molecule has 5 nitrogen and oxygen atoms in total. The fourth-order valence-electron chi connectivity index (χ4n) is 3.61. The lowest BCUT2D eigenvalue weighted by Crippen LogP contribution is -2.39. The molecule has 3 aromatic rings. The monoisotopic (exact) mass is 341 g/mol. The Balaban J connectivity index is 1.55. The van der Waals surface area contributed by atoms with Gasteiger partial charge in [-0.3, -0.25) is 4.98 Å². The number of piperidine rings is 1. The molecule has 4 heterocycles. The molecule has 0 amide bonds. The first-order chi connectivity index (χ1) is 11.7. The third-order valence-electron chi connectivity index (χ3n) is 4.87. The van der Waals surface area contributed by atoms with Crippen LogP contribution < -0.4 is 4.90 Å². The summed E-state index contributed by atoms with van der Waals surface area (Å²) in [4.78, 5) is 11.9. The molecule has 6 heteroatoms. The molecule has 3 aromatic heterocycles. The van der Waals surface area contributed by atoms with Gasteiger partial charge in [-0.25, -0.2) is 9.67 Å². The number of nitrogens with zero attached hydrogens (tertiary/aromatic N) is 5. The van der Waals surface area contributed by atoms with Crippen molar-refractivity contribution in [3.05, 3.63) is 35.8 Å². The van der Waals surface area contributed by atoms with Crippen LogP contribution in [-0.2, 0) is 13.5 Å². The highest BCUT2D eigenvalue weighted by Crippen LogP contribution is 2.35. The predicted octanol–water partition coefficient (Wildman–Crippen LogP) is 3.72. The zero-order valence-electron chi connectivity index (χ0n) is 14.3. The first kappa shape index (κ1) is 15.6. The van der Waals surface area contributed by atoms with Crippen LogP contribution in [-0.4, -0.2) is 32.3 Å². The van der Waals surface area contributed by atoms with Crippen molar-refractivity contribution in [2.45, 2.75) is 45.1 Å². The maximum atomic E-state index is 4.89. The minimum absolute atomic E-state index is 0.564. The predicted molar refractivity (Wildman–Crippen MR) is 98.7 cm³/mol. The quantitative estimate of drug-likeness (QED) is 0.725. The second-order valence-corrected chi connectivity index (χ2v) is 7.54. The largest absolute Gasteiger partial charge is 0.345 e. The van der Waals surface area contributed by atoms with Crippen LogP contribution in [0.3, 0.4) is 0 Å². The summed E-state index contributed by atoms with van der Waals surface area (Å²) in [6.07, 6.45) is 7.89. The molecule has 4 rings (SSSR count). The molecule has 0 bridgehead atoms. The van der Waals surface area contributed by atoms with Gasteiger partial charge in [0.15, 0.2) is 10.8 Å². The van der Waals surface area contributed by atoms with E-state index in [0.717, 1.165) is 35.9 Å². The highest BCUT2D eigenvalue weighted by molar-refractivity contribution is 7.22. The van der Waals surface area contributed by atoms with E-state index in [0.29, 0.717) is 6.04 Å². The van der Waals surface area contributed by atoms with E-state index in [-0.39, 0.29) is 0 Å². The Morgan fingerprint density at radius 1 is 1.29 bits per heavy atom. The van der Waals surface area contributed by atoms with Gasteiger partial charge in [-0.05, 0) is 51.2 Å². The molecule has 1 fully saturated rings. The Kier molecular flexibility index (Phi) is 4.22. The normalized spacial score (nSPS) is 18.4. The molecule has 24 heavy (non-hydrogen) atoms. The molecule has 0 aliphatic carbocycles. The molecule has 0 unspecified atom stereocenters. The number of hydrogen-bond donors (Lipinski definition) is 0. The van der Waals surface area contributed by atoms with Gasteiger partial charge in [-0.1, -0.05) is 17.4 Å². The standard InChI is InChI=1S/C18H23N5S/c1-13-16-17(22(2)21-13)20-18(24-16)23-12-6-4-8-15(23)10-9-14-7-3-5-11-19-14/h3,5,7,11,15H,4,6,8-10,12H2,1-2H3/t15-/m0/s1. The molecule has 0 spiro atoms. The molecule has 1 aliphatic rings. The number of aryl methyl sites for hydroxylation is 3. The van der Waals surface area contributed by atoms with Crippen molar-refractivity contribution in [2.24, 2.45) is 7.05 Å². The summed E-state index contributed by atoms with van der Waals surface area (Å²) in [6.45, 7) is 3.18. The molecule has 0 radical (unpaired) electrons. The Bertz CT molecular complexity index is 788. The number of fused-ring (bicyclic) bond motifs is 1. The summed E-state index contributed by atoms with van der Waals surface area (Å²) in [7, 11) is 1.98. The van der Waals surface area contributed by atoms with Crippen molar-refractivity contribution in [3.8, 4) is 0 Å². The van der Waals surface area contributed by atoms with Crippen LogP contribution in [0.4, 0.5) is 5.13 Å². The SMILES string of the molecule is Cc1nn(C)c2nc(N3CCCC[C@H]3CCc3ccccn3)sc12. The van der Waals surface area contributed by atoms with Gasteiger partial charge in [-0.15, -0.1) is 0 Å². The zero-order chi connectivity index (χ0) is 16.5. The van der Waals surface area contributed by atoms with Crippen LogP contribution >= 0.6 is 11.3 Å². The number of pyridine rings is 1. The Morgan fingerprint density at radius 2 is 2.21 bits per heavy atom. The van der Waals surface area contributed by atoms with Gasteiger partial charge in [0, 0.05) is 31.5 Å². The van der Waals surface area contributed by atoms with E-state index >= 15 is 0 Å². The van der Waals surface area contributed by atoms with Crippen molar-refractivity contribution >= 4 is 26.8 Å². The number of thiazole rings is 1. The van der Waals surface area contributed by atoms with Gasteiger partial charge in [0.1, 0.15) is 0 Å². The lowest BCUT2D eigenvalue weighted by atomic mass is 9.97. The van der Waals surface area contributed by atoms with Gasteiger partial charge in [0.25, 0.3) is 0 Å². The first-order valence-corrected chi connectivity index (χ1v) is 9.50. The van der Waals surface area contributed by atoms with Crippen LogP contribution in [0, 0.1) is 6.92 Å². The minimum Gasteiger partial charge on any atom is -0.345 e. The average Bonchev–Trinajstić information content (AvgIpc) is 3.16. The Hall–Kier alpha value is -1.95. The third kappa shape index (κ3) is 2.90. The number of aromatic nitrogens is 4. The maximum absolute atomic E-state index is 4.89. The summed E-state index contributed by atoms with van der Waals surface area (Å²) < 4.78 is 3.12. The summed E-state index contributed by atoms with van der Waals surface area (Å²) in [5.74, 6) is 0. The van der Waals surface area contributed by atoms with E-state index in [1.54, 1.807) is 11.3 Å². The van der Waals surface area contributed by atoms with Crippen molar-refractivity contribution in [2.75, 3.05) is 11.4 Å². The molecule has 126 valence electrons. The van der Waals surface area contributed by atoms with Gasteiger partial charge < -0.3 is 4.90 Å². The molecule has 0 aromatic carbocycles. The fourth-order valence-corrected chi connectivity index (χ4v) is 4.74. The van der Waals surface area contributed by atoms with E-state index in [2.05, 4.69) is 34.0 Å². The van der Waals surface area contributed by atoms with Gasteiger partial charge in [-0.2, -0.15) is 5.10 Å². The lowest BCUT2D eigenvalue weighted by molar-refractivity contribution is 0.436. The van der Waals surface area contributed by atoms with Crippen molar-refractivity contribution in [1.82, 2.24) is 19.7 Å². The molecular formula is C18H23N5S. The van der Waals surface area contributed by atoms with Crippen LogP contribution in [0.5, 0.6) is 0 Å². The van der Waals surface area contributed by atoms with E-state index < -0.39 is 0 Å². The number of hydrogen-bond acceptors (Lipinski definition) is 5. The van der Waals surface area contributed by atoms with E-state index in [9.17, 15) is 0 Å². The summed E-state index contributed by atoms with van der Waals surface area (Å²) >= 11 is 1.79. The van der Waals surface area contributed by atoms with E-state index in [1.165, 1.54) is 29.7 Å². The van der Waals surface area contributed by atoms with Gasteiger partial charge >= 0.3 is 0 Å². The van der Waals surface area contributed by atoms with Gasteiger partial charge in [0.05, 0.1) is 10.4 Å². The molecular weight excluding hydrogens is 318 g/mol. The van der Waals surface area contributed by atoms with E-state index in [1.807, 2.05) is 24.0 Å². The van der Waals surface area contributed by atoms with E-state index in [4.69, 9.17) is 4.98 Å². The zero-order valence-corrected chi connectivity index (χ0v) is 15.1. The maximum Gasteiger partial charge on any atom is 0.188 e. The molecule has 0 N–H and O–H groups in total. The Labute approximate surface area is 146 Å². The van der Waals surface area contributed by atoms with Crippen LogP contribution in [0.25, 0.3) is 10.3 Å². The number of anilines is 1. The second kappa shape index (κ2) is 6.51. The van der Waals surface area contributed by atoms with Crippen LogP contribution in [0.1, 0.15) is 37.1 Å². The number of rotatable bonds is 4. The highest BCUT2D eigenvalue weighted by atomic mass is 32.1. The van der Waals surface area contributed by atoms with Gasteiger partial charge in [0.2, 0.25) is 0 Å². The first-order valence-electron chi connectivity index (χ1n) is 8.69. The topological polar surface area (TPSA) is 46.8 Å². The third-order valence-corrected chi connectivity index (χ3v) is 6.06. The average molecular weight is 341 g/mol. The molecule has 1 saturated heterocycles. The second-order valence-electron chi connectivity index (χ2n) is 6.56. The highest BCUT2D eigenvalue weighted by Gasteiger charge is 2.26. The summed E-state index contributed by atoms with van der Waals surface area (Å²) in [5, 5.41) is 5.63. The minimum atomic E-state index is 0.564. The fraction of sp³-hybridized carbons (Fsp3) is 0.500. The summed E-state index contributed by atoms with van der Waals surface area (Å²) in [5.41, 5.74) is 3.28. The van der Waals surface area contributed by atoms with Crippen LogP contribution in [0.15, 0.2) is 24.4 Å². The molecule has 1 atom stereocenters. The van der Waals surface area contributed by atoms with Crippen molar-refractivity contribution in [3.63, 3.8) is 0 Å².